The third-order valence-electron chi connectivity index (χ3n) is 3.19. The predicted octanol–water partition coefficient (Wildman–Crippen LogP) is 2.21. The van der Waals surface area contributed by atoms with Crippen LogP contribution < -0.4 is 4.90 Å². The highest BCUT2D eigenvalue weighted by atomic mass is 32.2. The number of aryl methyl sites for hydroxylation is 1. The van der Waals surface area contributed by atoms with Crippen molar-refractivity contribution in [3.63, 3.8) is 0 Å². The second-order valence-electron chi connectivity index (χ2n) is 4.74. The Bertz CT molecular complexity index is 673. The van der Waals surface area contributed by atoms with E-state index in [1.54, 1.807) is 30.6 Å². The summed E-state index contributed by atoms with van der Waals surface area (Å²) < 4.78 is 0. The molecule has 106 valence electrons. The van der Waals surface area contributed by atoms with E-state index in [4.69, 9.17) is 0 Å². The number of carbonyl (C=O) groups excluding carboxylic acids is 2. The van der Waals surface area contributed by atoms with Gasteiger partial charge >= 0.3 is 0 Å². The summed E-state index contributed by atoms with van der Waals surface area (Å²) >= 11 is 1.23. The van der Waals surface area contributed by atoms with Gasteiger partial charge in [0.1, 0.15) is 5.25 Å². The topological polar surface area (TPSA) is 63.2 Å². The zero-order valence-electron chi connectivity index (χ0n) is 11.4. The Morgan fingerprint density at radius 1 is 1.14 bits per heavy atom. The van der Waals surface area contributed by atoms with Crippen LogP contribution >= 0.6 is 11.8 Å². The minimum Gasteiger partial charge on any atom is -0.274 e. The number of imide groups is 1. The first kappa shape index (κ1) is 13.8. The molecule has 0 radical (unpaired) electrons. The minimum atomic E-state index is -0.457. The first-order valence-electron chi connectivity index (χ1n) is 6.52. The summed E-state index contributed by atoms with van der Waals surface area (Å²) in [5, 5.41) is 0.0515. The lowest BCUT2D eigenvalue weighted by Gasteiger charge is -2.14. The van der Waals surface area contributed by atoms with Gasteiger partial charge in [0.25, 0.3) is 0 Å². The molecule has 1 aromatic carbocycles. The molecule has 21 heavy (non-hydrogen) atoms. The van der Waals surface area contributed by atoms with Crippen LogP contribution in [-0.2, 0) is 9.59 Å². The Morgan fingerprint density at radius 3 is 2.48 bits per heavy atom. The summed E-state index contributed by atoms with van der Waals surface area (Å²) in [6, 6.07) is 9.06. The Hall–Kier alpha value is -2.21. The molecule has 3 rings (SSSR count). The molecule has 1 aromatic heterocycles. The number of carbonyl (C=O) groups is 2. The zero-order valence-corrected chi connectivity index (χ0v) is 12.2. The Kier molecular flexibility index (Phi) is 3.70. The van der Waals surface area contributed by atoms with Gasteiger partial charge in [-0.3, -0.25) is 9.59 Å². The molecule has 2 amide bonds. The number of thioether (sulfide) groups is 1. The van der Waals surface area contributed by atoms with Crippen LogP contribution in [0.5, 0.6) is 0 Å². The second kappa shape index (κ2) is 5.65. The van der Waals surface area contributed by atoms with Crippen molar-refractivity contribution in [1.29, 1.82) is 0 Å². The highest BCUT2D eigenvalue weighted by Crippen LogP contribution is 2.32. The van der Waals surface area contributed by atoms with E-state index in [9.17, 15) is 9.59 Å². The van der Waals surface area contributed by atoms with Gasteiger partial charge in [-0.25, -0.2) is 14.9 Å². The summed E-state index contributed by atoms with van der Waals surface area (Å²) in [5.41, 5.74) is 1.70. The predicted molar refractivity (Wildman–Crippen MR) is 80.0 cm³/mol. The second-order valence-corrected chi connectivity index (χ2v) is 5.91. The van der Waals surface area contributed by atoms with E-state index in [2.05, 4.69) is 9.97 Å². The van der Waals surface area contributed by atoms with Gasteiger partial charge < -0.3 is 0 Å². The van der Waals surface area contributed by atoms with E-state index in [0.29, 0.717) is 10.8 Å². The number of benzene rings is 1. The molecule has 6 heteroatoms. The fraction of sp³-hybridized carbons (Fsp3) is 0.200. The van der Waals surface area contributed by atoms with Gasteiger partial charge in [-0.1, -0.05) is 29.5 Å². The average molecular weight is 299 g/mol. The molecule has 2 aromatic rings. The van der Waals surface area contributed by atoms with Crippen molar-refractivity contribution in [2.45, 2.75) is 23.8 Å². The standard InChI is InChI=1S/C15H13N3O2S/c1-10-3-5-11(6-4-10)18-13(19)9-12(14(18)20)21-15-16-7-2-8-17-15/h2-8,12H,9H2,1H3. The van der Waals surface area contributed by atoms with Crippen LogP contribution in [0.25, 0.3) is 0 Å². The third-order valence-corrected chi connectivity index (χ3v) is 4.26. The van der Waals surface area contributed by atoms with Crippen molar-refractivity contribution in [2.75, 3.05) is 4.90 Å². The van der Waals surface area contributed by atoms with Crippen LogP contribution in [0.15, 0.2) is 47.9 Å². The lowest BCUT2D eigenvalue weighted by Crippen LogP contribution is -2.31. The molecule has 5 nitrogen and oxygen atoms in total. The number of hydrogen-bond donors (Lipinski definition) is 0. The minimum absolute atomic E-state index is 0.176. The molecule has 1 atom stereocenters. The molecular formula is C15H13N3O2S. The molecule has 1 saturated heterocycles. The van der Waals surface area contributed by atoms with Crippen molar-refractivity contribution in [3.8, 4) is 0 Å². The number of amides is 2. The van der Waals surface area contributed by atoms with Gasteiger partial charge in [0, 0.05) is 18.8 Å². The van der Waals surface area contributed by atoms with E-state index >= 15 is 0 Å². The van der Waals surface area contributed by atoms with Crippen LogP contribution in [-0.4, -0.2) is 27.0 Å². The Labute approximate surface area is 126 Å². The van der Waals surface area contributed by atoms with Gasteiger partial charge in [-0.15, -0.1) is 0 Å². The van der Waals surface area contributed by atoms with Gasteiger partial charge in [0.05, 0.1) is 5.69 Å². The average Bonchev–Trinajstić information content (AvgIpc) is 2.76. The molecular weight excluding hydrogens is 286 g/mol. The van der Waals surface area contributed by atoms with Gasteiger partial charge in [0.15, 0.2) is 5.16 Å². The molecule has 0 aliphatic carbocycles. The largest absolute Gasteiger partial charge is 0.274 e. The van der Waals surface area contributed by atoms with Crippen molar-refractivity contribution < 1.29 is 9.59 Å². The molecule has 1 unspecified atom stereocenters. The number of aromatic nitrogens is 2. The summed E-state index contributed by atoms with van der Waals surface area (Å²) in [4.78, 5) is 34.0. The van der Waals surface area contributed by atoms with Crippen LogP contribution in [0.3, 0.4) is 0 Å². The van der Waals surface area contributed by atoms with E-state index in [1.807, 2.05) is 19.1 Å². The zero-order chi connectivity index (χ0) is 14.8. The fourth-order valence-corrected chi connectivity index (χ4v) is 3.06. The fourth-order valence-electron chi connectivity index (χ4n) is 2.13. The molecule has 2 heterocycles. The van der Waals surface area contributed by atoms with Gasteiger partial charge in [0.2, 0.25) is 11.8 Å². The summed E-state index contributed by atoms with van der Waals surface area (Å²) in [7, 11) is 0. The maximum absolute atomic E-state index is 12.4. The molecule has 0 bridgehead atoms. The molecule has 0 saturated carbocycles. The lowest BCUT2D eigenvalue weighted by molar-refractivity contribution is -0.121. The smallest absolute Gasteiger partial charge is 0.247 e. The van der Waals surface area contributed by atoms with Gasteiger partial charge in [-0.05, 0) is 25.1 Å². The van der Waals surface area contributed by atoms with E-state index < -0.39 is 5.25 Å². The Morgan fingerprint density at radius 2 is 1.81 bits per heavy atom. The van der Waals surface area contributed by atoms with Gasteiger partial charge in [-0.2, -0.15) is 0 Å². The quantitative estimate of drug-likeness (QED) is 0.642. The number of rotatable bonds is 3. The SMILES string of the molecule is Cc1ccc(N2C(=O)CC(Sc3ncccn3)C2=O)cc1. The molecule has 1 aliphatic heterocycles. The van der Waals surface area contributed by atoms with E-state index in [0.717, 1.165) is 5.56 Å². The van der Waals surface area contributed by atoms with Crippen LogP contribution in [0.1, 0.15) is 12.0 Å². The van der Waals surface area contributed by atoms with Crippen LogP contribution in [0.4, 0.5) is 5.69 Å². The molecule has 0 spiro atoms. The first-order chi connectivity index (χ1) is 10.1. The van der Waals surface area contributed by atoms with Crippen LogP contribution in [0, 0.1) is 6.92 Å². The van der Waals surface area contributed by atoms with Crippen LogP contribution in [0.2, 0.25) is 0 Å². The monoisotopic (exact) mass is 299 g/mol. The normalized spacial score (nSPS) is 18.3. The van der Waals surface area contributed by atoms with Crippen molar-refractivity contribution in [1.82, 2.24) is 9.97 Å². The number of anilines is 1. The maximum Gasteiger partial charge on any atom is 0.247 e. The van der Waals surface area contributed by atoms with Crippen molar-refractivity contribution in [2.24, 2.45) is 0 Å². The molecule has 1 aliphatic rings. The highest BCUT2D eigenvalue weighted by Gasteiger charge is 2.40. The Balaban J connectivity index is 1.80. The van der Waals surface area contributed by atoms with E-state index in [-0.39, 0.29) is 18.2 Å². The molecule has 1 fully saturated rings. The summed E-state index contributed by atoms with van der Waals surface area (Å²) in [5.74, 6) is -0.390. The summed E-state index contributed by atoms with van der Waals surface area (Å²) in [6.07, 6.45) is 3.41. The summed E-state index contributed by atoms with van der Waals surface area (Å²) in [6.45, 7) is 1.96. The van der Waals surface area contributed by atoms with Crippen molar-refractivity contribution >= 4 is 29.3 Å². The van der Waals surface area contributed by atoms with E-state index in [1.165, 1.54) is 16.7 Å². The highest BCUT2D eigenvalue weighted by molar-refractivity contribution is 8.00. The van der Waals surface area contributed by atoms with Crippen molar-refractivity contribution in [3.05, 3.63) is 48.3 Å². The third kappa shape index (κ3) is 2.80. The lowest BCUT2D eigenvalue weighted by atomic mass is 10.2. The number of nitrogens with zero attached hydrogens (tertiary/aromatic N) is 3. The first-order valence-corrected chi connectivity index (χ1v) is 7.40. The number of hydrogen-bond acceptors (Lipinski definition) is 5. The molecule has 0 N–H and O–H groups in total. The maximum atomic E-state index is 12.4.